The summed E-state index contributed by atoms with van der Waals surface area (Å²) in [6.45, 7) is 0. The maximum atomic E-state index is 5.28. The van der Waals surface area contributed by atoms with Gasteiger partial charge < -0.3 is 4.57 Å². The van der Waals surface area contributed by atoms with Crippen LogP contribution in [0.3, 0.4) is 0 Å². The van der Waals surface area contributed by atoms with Crippen molar-refractivity contribution in [3.63, 3.8) is 0 Å². The van der Waals surface area contributed by atoms with Crippen molar-refractivity contribution >= 4 is 43.6 Å². The first-order valence-corrected chi connectivity index (χ1v) is 21.0. The molecule has 62 heavy (non-hydrogen) atoms. The van der Waals surface area contributed by atoms with E-state index in [-0.39, 0.29) is 0 Å². The van der Waals surface area contributed by atoms with Crippen molar-refractivity contribution < 1.29 is 0 Å². The Bertz CT molecular complexity index is 3570. The molecule has 290 valence electrons. The Balaban J connectivity index is 1.11. The molecular formula is C57H37N5. The molecule has 0 aliphatic carbocycles. The van der Waals surface area contributed by atoms with Crippen LogP contribution in [-0.4, -0.2) is 24.1 Å². The summed E-state index contributed by atoms with van der Waals surface area (Å²) in [6, 6.07) is 79.4. The Kier molecular flexibility index (Phi) is 8.42. The van der Waals surface area contributed by atoms with E-state index in [2.05, 4.69) is 197 Å². The lowest BCUT2D eigenvalue weighted by Gasteiger charge is -2.14. The van der Waals surface area contributed by atoms with Crippen molar-refractivity contribution in [3.05, 3.63) is 224 Å². The smallest absolute Gasteiger partial charge is 0.238 e. The topological polar surface area (TPSA) is 48.5 Å². The lowest BCUT2D eigenvalue weighted by atomic mass is 9.92. The quantitative estimate of drug-likeness (QED) is 0.162. The van der Waals surface area contributed by atoms with Crippen LogP contribution < -0.4 is 0 Å². The van der Waals surface area contributed by atoms with E-state index in [0.29, 0.717) is 17.6 Å². The highest BCUT2D eigenvalue weighted by atomic mass is 15.2. The highest BCUT2D eigenvalue weighted by Crippen LogP contribution is 2.42. The summed E-state index contributed by atoms with van der Waals surface area (Å²) < 4.78 is 4.68. The van der Waals surface area contributed by atoms with E-state index < -0.39 is 0 Å². The third kappa shape index (κ3) is 5.90. The molecule has 12 aromatic rings. The zero-order chi connectivity index (χ0) is 41.0. The Hall–Kier alpha value is -8.41. The van der Waals surface area contributed by atoms with Gasteiger partial charge in [0, 0.05) is 38.4 Å². The zero-order valence-corrected chi connectivity index (χ0v) is 33.6. The molecule has 12 rings (SSSR count). The largest absolute Gasteiger partial charge is 0.307 e. The highest BCUT2D eigenvalue weighted by Gasteiger charge is 2.23. The first kappa shape index (κ1) is 35.5. The van der Waals surface area contributed by atoms with Crippen molar-refractivity contribution in [2.24, 2.45) is 0 Å². The molecule has 0 aliphatic heterocycles. The Morgan fingerprint density at radius 3 is 1.32 bits per heavy atom. The molecule has 0 unspecified atom stereocenters. The second-order valence-electron chi connectivity index (χ2n) is 15.6. The van der Waals surface area contributed by atoms with Crippen LogP contribution in [0.15, 0.2) is 224 Å². The third-order valence-electron chi connectivity index (χ3n) is 12.0. The highest BCUT2D eigenvalue weighted by molar-refractivity contribution is 6.23. The number of nitrogens with zero attached hydrogens (tertiary/aromatic N) is 5. The number of aromatic nitrogens is 5. The van der Waals surface area contributed by atoms with Crippen molar-refractivity contribution in [1.29, 1.82) is 0 Å². The molecular weight excluding hydrogens is 755 g/mol. The first-order chi connectivity index (χ1) is 30.8. The normalized spacial score (nSPS) is 11.5. The van der Waals surface area contributed by atoms with Gasteiger partial charge in [-0.2, -0.15) is 9.97 Å². The Morgan fingerprint density at radius 2 is 0.710 bits per heavy atom. The summed E-state index contributed by atoms with van der Waals surface area (Å²) in [5, 5.41) is 4.59. The second kappa shape index (κ2) is 14.7. The number of benzene rings is 9. The SMILES string of the molecule is c1ccc(-c2nc(-c3ccccc3)nc(-n3c4ccccc4c4ccc5c6ccccc6n(-c6cccc(-c7cccc(-c8ccccc8-c8ccccc8)c7)c6)c5c43)n2)cc1. The molecule has 0 aliphatic rings. The molecule has 0 saturated carbocycles. The molecule has 5 nitrogen and oxygen atoms in total. The van der Waals surface area contributed by atoms with Crippen LogP contribution in [0.2, 0.25) is 0 Å². The van der Waals surface area contributed by atoms with Gasteiger partial charge in [0.05, 0.1) is 22.1 Å². The van der Waals surface area contributed by atoms with Crippen molar-refractivity contribution in [2.45, 2.75) is 0 Å². The number of fused-ring (bicyclic) bond motifs is 7. The van der Waals surface area contributed by atoms with E-state index in [0.717, 1.165) is 66.2 Å². The molecule has 9 aromatic carbocycles. The Labute approximate surface area is 358 Å². The molecule has 0 spiro atoms. The molecule has 0 N–H and O–H groups in total. The summed E-state index contributed by atoms with van der Waals surface area (Å²) >= 11 is 0. The minimum atomic E-state index is 0.564. The van der Waals surface area contributed by atoms with Gasteiger partial charge in [-0.25, -0.2) is 4.98 Å². The summed E-state index contributed by atoms with van der Waals surface area (Å²) in [4.78, 5) is 15.6. The second-order valence-corrected chi connectivity index (χ2v) is 15.6. The van der Waals surface area contributed by atoms with Gasteiger partial charge >= 0.3 is 0 Å². The number of para-hydroxylation sites is 2. The van der Waals surface area contributed by atoms with Gasteiger partial charge in [-0.3, -0.25) is 4.57 Å². The fourth-order valence-electron chi connectivity index (χ4n) is 9.17. The molecule has 5 heteroatoms. The minimum Gasteiger partial charge on any atom is -0.307 e. The van der Waals surface area contributed by atoms with E-state index in [1.165, 1.54) is 27.6 Å². The number of hydrogen-bond donors (Lipinski definition) is 0. The number of rotatable bonds is 7. The maximum absolute atomic E-state index is 5.28. The van der Waals surface area contributed by atoms with Crippen LogP contribution in [0.5, 0.6) is 0 Å². The van der Waals surface area contributed by atoms with E-state index in [1.807, 2.05) is 36.4 Å². The van der Waals surface area contributed by atoms with Gasteiger partial charge in [0.15, 0.2) is 11.6 Å². The van der Waals surface area contributed by atoms with Crippen molar-refractivity contribution in [3.8, 4) is 67.8 Å². The van der Waals surface area contributed by atoms with Gasteiger partial charge in [0.1, 0.15) is 0 Å². The van der Waals surface area contributed by atoms with Gasteiger partial charge in [-0.1, -0.05) is 194 Å². The van der Waals surface area contributed by atoms with Crippen LogP contribution in [0.1, 0.15) is 0 Å². The molecule has 0 saturated heterocycles. The lowest BCUT2D eigenvalue weighted by Crippen LogP contribution is -2.07. The van der Waals surface area contributed by atoms with Crippen LogP contribution in [-0.2, 0) is 0 Å². The number of hydrogen-bond acceptors (Lipinski definition) is 3. The third-order valence-corrected chi connectivity index (χ3v) is 12.0. The average molecular weight is 792 g/mol. The van der Waals surface area contributed by atoms with E-state index >= 15 is 0 Å². The van der Waals surface area contributed by atoms with Crippen LogP contribution in [0.4, 0.5) is 0 Å². The molecule has 3 aromatic heterocycles. The molecule has 3 heterocycles. The maximum Gasteiger partial charge on any atom is 0.238 e. The predicted molar refractivity (Wildman–Crippen MR) is 256 cm³/mol. The summed E-state index contributed by atoms with van der Waals surface area (Å²) in [7, 11) is 0. The van der Waals surface area contributed by atoms with E-state index in [1.54, 1.807) is 0 Å². The Morgan fingerprint density at radius 1 is 0.274 bits per heavy atom. The monoisotopic (exact) mass is 791 g/mol. The fourth-order valence-corrected chi connectivity index (χ4v) is 9.17. The molecule has 0 atom stereocenters. The van der Waals surface area contributed by atoms with Crippen LogP contribution >= 0.6 is 0 Å². The van der Waals surface area contributed by atoms with Crippen LogP contribution in [0.25, 0.3) is 111 Å². The van der Waals surface area contributed by atoms with Gasteiger partial charge in [0.25, 0.3) is 0 Å². The van der Waals surface area contributed by atoms with E-state index in [4.69, 9.17) is 15.0 Å². The molecule has 0 radical (unpaired) electrons. The van der Waals surface area contributed by atoms with Crippen LogP contribution in [0, 0.1) is 0 Å². The lowest BCUT2D eigenvalue weighted by molar-refractivity contribution is 0.953. The summed E-state index contributed by atoms with van der Waals surface area (Å²) in [5.41, 5.74) is 14.3. The first-order valence-electron chi connectivity index (χ1n) is 21.0. The molecule has 0 bridgehead atoms. The average Bonchev–Trinajstić information content (AvgIpc) is 3.88. The molecule has 0 amide bonds. The zero-order valence-electron chi connectivity index (χ0n) is 33.6. The minimum absolute atomic E-state index is 0.564. The van der Waals surface area contributed by atoms with Gasteiger partial charge in [0.2, 0.25) is 5.95 Å². The van der Waals surface area contributed by atoms with Gasteiger partial charge in [-0.05, 0) is 63.7 Å². The van der Waals surface area contributed by atoms with E-state index in [9.17, 15) is 0 Å². The molecule has 0 fully saturated rings. The summed E-state index contributed by atoms with van der Waals surface area (Å²) in [5.74, 6) is 1.80. The van der Waals surface area contributed by atoms with Crippen molar-refractivity contribution in [1.82, 2.24) is 24.1 Å². The van der Waals surface area contributed by atoms with Crippen molar-refractivity contribution in [2.75, 3.05) is 0 Å². The predicted octanol–water partition coefficient (Wildman–Crippen LogP) is 14.4. The summed E-state index contributed by atoms with van der Waals surface area (Å²) in [6.07, 6.45) is 0. The van der Waals surface area contributed by atoms with Gasteiger partial charge in [-0.15, -0.1) is 0 Å². The fraction of sp³-hybridized carbons (Fsp3) is 0. The standard InChI is InChI=1S/C57H37N5/c1-4-18-38(19-5-1)45-28-10-11-29-46(45)43-26-16-24-41(36-43)42-25-17-27-44(37-42)61-51-32-14-12-30-47(51)49-34-35-50-48-31-13-15-33-52(48)62(54(50)53(49)61)57-59-55(39-20-6-2-7-21-39)58-56(60-57)40-22-8-3-9-23-40/h1-37H.